The lowest BCUT2D eigenvalue weighted by molar-refractivity contribution is 0.582. The van der Waals surface area contributed by atoms with Gasteiger partial charge in [-0.15, -0.1) is 0 Å². The van der Waals surface area contributed by atoms with E-state index in [1.54, 1.807) is 0 Å². The van der Waals surface area contributed by atoms with Gasteiger partial charge in [0.05, 0.1) is 11.7 Å². The van der Waals surface area contributed by atoms with Crippen molar-refractivity contribution in [2.75, 3.05) is 7.05 Å². The fourth-order valence-electron chi connectivity index (χ4n) is 2.37. The van der Waals surface area contributed by atoms with E-state index in [4.69, 9.17) is 0 Å². The molecule has 1 N–H and O–H groups in total. The molecule has 0 aliphatic heterocycles. The number of likely N-dealkylation sites (N-methyl/N-ethyl adjacent to an activating group) is 1. The number of rotatable bonds is 3. The zero-order chi connectivity index (χ0) is 11.4. The first-order valence-corrected chi connectivity index (χ1v) is 6.10. The van der Waals surface area contributed by atoms with E-state index in [1.807, 2.05) is 19.3 Å². The Morgan fingerprint density at radius 3 is 2.88 bits per heavy atom. The number of allylic oxidation sites excluding steroid dienone is 1. The zero-order valence-corrected chi connectivity index (χ0v) is 10.2. The molecule has 0 aromatic carbocycles. The van der Waals surface area contributed by atoms with E-state index >= 15 is 0 Å². The molecule has 0 amide bonds. The van der Waals surface area contributed by atoms with Crippen molar-refractivity contribution in [2.45, 2.75) is 38.6 Å². The van der Waals surface area contributed by atoms with Crippen molar-refractivity contribution in [3.8, 4) is 0 Å². The van der Waals surface area contributed by atoms with Crippen molar-refractivity contribution in [1.29, 1.82) is 0 Å². The number of aryl methyl sites for hydroxylation is 1. The van der Waals surface area contributed by atoms with Crippen molar-refractivity contribution in [3.05, 3.63) is 41.2 Å². The third-order valence-corrected chi connectivity index (χ3v) is 3.22. The van der Waals surface area contributed by atoms with Crippen molar-refractivity contribution in [1.82, 2.24) is 10.3 Å². The van der Waals surface area contributed by atoms with Gasteiger partial charge in [0, 0.05) is 6.20 Å². The maximum atomic E-state index is 4.48. The van der Waals surface area contributed by atoms with Gasteiger partial charge < -0.3 is 5.32 Å². The minimum absolute atomic E-state index is 0.306. The van der Waals surface area contributed by atoms with Crippen LogP contribution in [0.2, 0.25) is 0 Å². The average Bonchev–Trinajstić information content (AvgIpc) is 2.31. The number of hydrogen-bond donors (Lipinski definition) is 1. The van der Waals surface area contributed by atoms with Crippen molar-refractivity contribution in [2.24, 2.45) is 0 Å². The summed E-state index contributed by atoms with van der Waals surface area (Å²) in [6.07, 6.45) is 9.37. The molecule has 1 aromatic heterocycles. The highest BCUT2D eigenvalue weighted by Gasteiger charge is 2.17. The van der Waals surface area contributed by atoms with Gasteiger partial charge in [0.25, 0.3) is 0 Å². The number of aromatic nitrogens is 1. The summed E-state index contributed by atoms with van der Waals surface area (Å²) in [5, 5.41) is 3.38. The van der Waals surface area contributed by atoms with Crippen LogP contribution in [0.1, 0.15) is 43.0 Å². The summed E-state index contributed by atoms with van der Waals surface area (Å²) < 4.78 is 0. The minimum Gasteiger partial charge on any atom is -0.308 e. The SMILES string of the molecule is CNC(C1=CCCCC1)c1cc(C)ccn1. The highest BCUT2D eigenvalue weighted by molar-refractivity contribution is 5.26. The molecule has 0 saturated heterocycles. The van der Waals surface area contributed by atoms with E-state index in [2.05, 4.69) is 29.4 Å². The molecule has 1 aromatic rings. The first kappa shape index (κ1) is 11.3. The summed E-state index contributed by atoms with van der Waals surface area (Å²) >= 11 is 0. The van der Waals surface area contributed by atoms with Crippen LogP contribution in [0.25, 0.3) is 0 Å². The van der Waals surface area contributed by atoms with Gasteiger partial charge in [-0.3, -0.25) is 4.98 Å². The Balaban J connectivity index is 2.25. The van der Waals surface area contributed by atoms with E-state index in [0.29, 0.717) is 6.04 Å². The van der Waals surface area contributed by atoms with E-state index in [-0.39, 0.29) is 0 Å². The normalized spacial score (nSPS) is 18.0. The molecule has 2 nitrogen and oxygen atoms in total. The first-order valence-electron chi connectivity index (χ1n) is 6.10. The average molecular weight is 216 g/mol. The predicted octanol–water partition coefficient (Wildman–Crippen LogP) is 3.15. The van der Waals surface area contributed by atoms with Crippen LogP contribution in [0.15, 0.2) is 30.0 Å². The first-order chi connectivity index (χ1) is 7.81. The number of hydrogen-bond acceptors (Lipinski definition) is 2. The third kappa shape index (κ3) is 2.50. The number of nitrogens with one attached hydrogen (secondary N) is 1. The third-order valence-electron chi connectivity index (χ3n) is 3.22. The molecule has 1 aliphatic carbocycles. The topological polar surface area (TPSA) is 24.9 Å². The van der Waals surface area contributed by atoms with Gasteiger partial charge in [0.1, 0.15) is 0 Å². The van der Waals surface area contributed by atoms with Crippen LogP contribution < -0.4 is 5.32 Å². The standard InChI is InChI=1S/C14H20N2/c1-11-8-9-16-13(10-11)14(15-2)12-6-4-3-5-7-12/h6,8-10,14-15H,3-5,7H2,1-2H3. The van der Waals surface area contributed by atoms with Crippen LogP contribution in [0.4, 0.5) is 0 Å². The molecular weight excluding hydrogens is 196 g/mol. The molecule has 0 bridgehead atoms. The Morgan fingerprint density at radius 1 is 1.38 bits per heavy atom. The fourth-order valence-corrected chi connectivity index (χ4v) is 2.37. The van der Waals surface area contributed by atoms with E-state index in [1.165, 1.54) is 36.8 Å². The lowest BCUT2D eigenvalue weighted by atomic mass is 9.92. The van der Waals surface area contributed by atoms with Gasteiger partial charge in [-0.2, -0.15) is 0 Å². The minimum atomic E-state index is 0.306. The summed E-state index contributed by atoms with van der Waals surface area (Å²) in [7, 11) is 2.02. The summed E-state index contributed by atoms with van der Waals surface area (Å²) in [4.78, 5) is 4.48. The van der Waals surface area contributed by atoms with E-state index < -0.39 is 0 Å². The van der Waals surface area contributed by atoms with Crippen molar-refractivity contribution < 1.29 is 0 Å². The molecule has 1 heterocycles. The Hall–Kier alpha value is -1.15. The monoisotopic (exact) mass is 216 g/mol. The molecule has 0 saturated carbocycles. The predicted molar refractivity (Wildman–Crippen MR) is 67.3 cm³/mol. The summed E-state index contributed by atoms with van der Waals surface area (Å²) in [6.45, 7) is 2.12. The Labute approximate surface area is 97.8 Å². The smallest absolute Gasteiger partial charge is 0.0708 e. The lowest BCUT2D eigenvalue weighted by Crippen LogP contribution is -2.21. The van der Waals surface area contributed by atoms with Gasteiger partial charge in [0.15, 0.2) is 0 Å². The van der Waals surface area contributed by atoms with Crippen LogP contribution in [0.3, 0.4) is 0 Å². The molecule has 0 fully saturated rings. The quantitative estimate of drug-likeness (QED) is 0.785. The van der Waals surface area contributed by atoms with Crippen LogP contribution >= 0.6 is 0 Å². The van der Waals surface area contributed by atoms with Gasteiger partial charge in [-0.1, -0.05) is 11.6 Å². The largest absolute Gasteiger partial charge is 0.308 e. The second-order valence-corrected chi connectivity index (χ2v) is 4.50. The molecule has 0 spiro atoms. The summed E-state index contributed by atoms with van der Waals surface area (Å²) in [5.74, 6) is 0. The molecule has 1 unspecified atom stereocenters. The van der Waals surface area contributed by atoms with Gasteiger partial charge >= 0.3 is 0 Å². The molecular formula is C14H20N2. The lowest BCUT2D eigenvalue weighted by Gasteiger charge is -2.22. The fraction of sp³-hybridized carbons (Fsp3) is 0.500. The van der Waals surface area contributed by atoms with Gasteiger partial charge in [0.2, 0.25) is 0 Å². The van der Waals surface area contributed by atoms with Crippen LogP contribution in [0.5, 0.6) is 0 Å². The second-order valence-electron chi connectivity index (χ2n) is 4.50. The van der Waals surface area contributed by atoms with Gasteiger partial charge in [-0.05, 0) is 57.4 Å². The number of nitrogens with zero attached hydrogens (tertiary/aromatic N) is 1. The van der Waals surface area contributed by atoms with Crippen LogP contribution in [0, 0.1) is 6.92 Å². The molecule has 2 rings (SSSR count). The highest BCUT2D eigenvalue weighted by Crippen LogP contribution is 2.28. The highest BCUT2D eigenvalue weighted by atomic mass is 14.9. The maximum absolute atomic E-state index is 4.48. The van der Waals surface area contributed by atoms with Crippen LogP contribution in [-0.4, -0.2) is 12.0 Å². The Kier molecular flexibility index (Phi) is 3.73. The Bertz CT molecular complexity index is 382. The Morgan fingerprint density at radius 2 is 2.25 bits per heavy atom. The van der Waals surface area contributed by atoms with Crippen molar-refractivity contribution in [3.63, 3.8) is 0 Å². The molecule has 0 radical (unpaired) electrons. The van der Waals surface area contributed by atoms with Crippen LogP contribution in [-0.2, 0) is 0 Å². The summed E-state index contributed by atoms with van der Waals surface area (Å²) in [6, 6.07) is 4.53. The molecule has 1 atom stereocenters. The second kappa shape index (κ2) is 5.26. The number of pyridine rings is 1. The summed E-state index contributed by atoms with van der Waals surface area (Å²) in [5.41, 5.74) is 3.93. The molecule has 1 aliphatic rings. The zero-order valence-electron chi connectivity index (χ0n) is 10.2. The molecule has 86 valence electrons. The van der Waals surface area contributed by atoms with Crippen molar-refractivity contribution >= 4 is 0 Å². The maximum Gasteiger partial charge on any atom is 0.0708 e. The molecule has 2 heteroatoms. The molecule has 16 heavy (non-hydrogen) atoms. The van der Waals surface area contributed by atoms with E-state index in [0.717, 1.165) is 5.69 Å². The van der Waals surface area contributed by atoms with Gasteiger partial charge in [-0.25, -0.2) is 0 Å². The van der Waals surface area contributed by atoms with E-state index in [9.17, 15) is 0 Å².